The van der Waals surface area contributed by atoms with Gasteiger partial charge in [-0.05, 0) is 5.12 Å². The Kier molecular flexibility index (Phi) is 2.75. The maximum atomic E-state index is 12.0. The van der Waals surface area contributed by atoms with Crippen molar-refractivity contribution >= 4 is 23.5 Å². The average Bonchev–Trinajstić information content (AvgIpc) is 2.57. The number of hydrogen-bond acceptors (Lipinski definition) is 5. The number of ketones is 1. The van der Waals surface area contributed by atoms with Gasteiger partial charge >= 0.3 is 11.8 Å². The third-order valence-electron chi connectivity index (χ3n) is 4.18. The molecule has 3 aliphatic heterocycles. The summed E-state index contributed by atoms with van der Waals surface area (Å²) >= 11 is 0. The summed E-state index contributed by atoms with van der Waals surface area (Å²) in [5.41, 5.74) is 0. The van der Waals surface area contributed by atoms with Crippen molar-refractivity contribution in [2.24, 2.45) is 0 Å². The molecule has 0 aromatic carbocycles. The topological polar surface area (TPSA) is 74.8 Å². The van der Waals surface area contributed by atoms with Crippen molar-refractivity contribution in [1.82, 2.24) is 10.1 Å². The lowest BCUT2D eigenvalue weighted by atomic mass is 10.2. The fourth-order valence-electron chi connectivity index (χ4n) is 3.02. The number of quaternary nitrogens is 1. The van der Waals surface area contributed by atoms with E-state index in [1.54, 1.807) is 5.12 Å². The maximum absolute atomic E-state index is 12.0. The molecular formula is C12H16N3O4+. The largest absolute Gasteiger partial charge is 0.342 e. The van der Waals surface area contributed by atoms with Crippen LogP contribution in [0.25, 0.3) is 0 Å². The molecule has 7 heteroatoms. The van der Waals surface area contributed by atoms with Crippen LogP contribution in [-0.2, 0) is 19.2 Å². The monoisotopic (exact) mass is 266 g/mol. The Morgan fingerprint density at radius 1 is 0.789 bits per heavy atom. The minimum atomic E-state index is -0.333. The number of hydrazine groups is 1. The smallest absolute Gasteiger partial charge is 0.300 e. The van der Waals surface area contributed by atoms with Gasteiger partial charge in [-0.15, -0.1) is 0 Å². The summed E-state index contributed by atoms with van der Waals surface area (Å²) < 4.78 is -0.333. The van der Waals surface area contributed by atoms with Crippen LogP contribution in [0.15, 0.2) is 0 Å². The van der Waals surface area contributed by atoms with Crippen LogP contribution in [0.1, 0.15) is 32.1 Å². The minimum absolute atomic E-state index is 0.0574. The summed E-state index contributed by atoms with van der Waals surface area (Å²) in [4.78, 5) is 47.5. The van der Waals surface area contributed by atoms with Crippen molar-refractivity contribution in [2.75, 3.05) is 19.6 Å². The van der Waals surface area contributed by atoms with Gasteiger partial charge in [0.05, 0.1) is 12.8 Å². The Morgan fingerprint density at radius 3 is 2.05 bits per heavy atom. The molecule has 1 spiro atoms. The van der Waals surface area contributed by atoms with E-state index >= 15 is 0 Å². The summed E-state index contributed by atoms with van der Waals surface area (Å²) in [5.74, 6) is -0.392. The lowest BCUT2D eigenvalue weighted by Crippen LogP contribution is -2.79. The molecule has 0 aliphatic carbocycles. The van der Waals surface area contributed by atoms with Crippen LogP contribution < -0.4 is 0 Å². The lowest BCUT2D eigenvalue weighted by Gasteiger charge is -2.50. The van der Waals surface area contributed by atoms with Gasteiger partial charge in [-0.2, -0.15) is 0 Å². The zero-order valence-electron chi connectivity index (χ0n) is 10.6. The van der Waals surface area contributed by atoms with Crippen molar-refractivity contribution in [3.8, 4) is 0 Å². The second kappa shape index (κ2) is 4.21. The number of hydrogen-bond donors (Lipinski definition) is 0. The van der Waals surface area contributed by atoms with Crippen LogP contribution in [0.3, 0.4) is 0 Å². The van der Waals surface area contributed by atoms with Crippen LogP contribution in [0, 0.1) is 0 Å². The van der Waals surface area contributed by atoms with Gasteiger partial charge in [0.25, 0.3) is 0 Å². The molecule has 3 aliphatic rings. The van der Waals surface area contributed by atoms with Crippen molar-refractivity contribution in [3.05, 3.63) is 0 Å². The SMILES string of the molecule is O=C1CCC(=O)N(N2CC[N+]23C(=O)CCC3=O)CC1. The van der Waals surface area contributed by atoms with E-state index in [9.17, 15) is 19.2 Å². The van der Waals surface area contributed by atoms with E-state index < -0.39 is 0 Å². The molecule has 0 aromatic heterocycles. The first-order chi connectivity index (χ1) is 9.05. The summed E-state index contributed by atoms with van der Waals surface area (Å²) in [6.45, 7) is 1.23. The highest BCUT2D eigenvalue weighted by Crippen LogP contribution is 2.34. The molecule has 0 aromatic rings. The molecule has 19 heavy (non-hydrogen) atoms. The van der Waals surface area contributed by atoms with Gasteiger partial charge in [-0.1, -0.05) is 4.59 Å². The Labute approximate surface area is 110 Å². The molecule has 0 atom stereocenters. The number of rotatable bonds is 1. The molecule has 0 bridgehead atoms. The summed E-state index contributed by atoms with van der Waals surface area (Å²) in [6, 6.07) is 0. The molecule has 3 heterocycles. The van der Waals surface area contributed by atoms with Gasteiger partial charge < -0.3 is 0 Å². The van der Waals surface area contributed by atoms with Crippen molar-refractivity contribution < 1.29 is 23.8 Å². The van der Waals surface area contributed by atoms with Gasteiger partial charge in [0, 0.05) is 25.8 Å². The van der Waals surface area contributed by atoms with E-state index in [1.807, 2.05) is 0 Å². The summed E-state index contributed by atoms with van der Waals surface area (Å²) in [5, 5.41) is 2.99. The number of Topliss-reactive ketones (excluding diaryl/α,β-unsaturated/α-hetero) is 1. The quantitative estimate of drug-likeness (QED) is 0.467. The van der Waals surface area contributed by atoms with Crippen LogP contribution in [0.5, 0.6) is 0 Å². The first-order valence-electron chi connectivity index (χ1n) is 6.60. The predicted molar refractivity (Wildman–Crippen MR) is 61.7 cm³/mol. The van der Waals surface area contributed by atoms with Crippen molar-refractivity contribution in [1.29, 1.82) is 0 Å². The number of carbonyl (C=O) groups is 4. The van der Waals surface area contributed by atoms with Crippen LogP contribution in [-0.4, -0.2) is 57.9 Å². The highest BCUT2D eigenvalue weighted by molar-refractivity contribution is 5.92. The van der Waals surface area contributed by atoms with Crippen LogP contribution in [0.4, 0.5) is 0 Å². The zero-order valence-corrected chi connectivity index (χ0v) is 10.6. The molecule has 0 N–H and O–H groups in total. The Balaban J connectivity index is 1.86. The Morgan fingerprint density at radius 2 is 1.47 bits per heavy atom. The predicted octanol–water partition coefficient (Wildman–Crippen LogP) is -0.623. The molecular weight excluding hydrogens is 250 g/mol. The van der Waals surface area contributed by atoms with E-state index in [0.29, 0.717) is 19.5 Å². The lowest BCUT2D eigenvalue weighted by molar-refractivity contribution is -0.967. The number of imide groups is 1. The van der Waals surface area contributed by atoms with Crippen molar-refractivity contribution in [2.45, 2.75) is 32.1 Å². The standard InChI is InChI=1S/C12H16N3O4/c16-9-1-2-10(17)13(6-5-9)14-7-8-15(14)11(18)3-4-12(15)19/h1-8H2/q+1. The first-order valence-corrected chi connectivity index (χ1v) is 6.60. The number of nitrogens with zero attached hydrogens (tertiary/aromatic N) is 3. The van der Waals surface area contributed by atoms with Crippen molar-refractivity contribution in [3.63, 3.8) is 0 Å². The second-order valence-corrected chi connectivity index (χ2v) is 5.18. The van der Waals surface area contributed by atoms with Gasteiger partial charge in [-0.3, -0.25) is 9.59 Å². The third kappa shape index (κ3) is 1.65. The molecule has 3 saturated heterocycles. The van der Waals surface area contributed by atoms with E-state index in [2.05, 4.69) is 0 Å². The van der Waals surface area contributed by atoms with Crippen LogP contribution >= 0.6 is 0 Å². The average molecular weight is 266 g/mol. The highest BCUT2D eigenvalue weighted by atomic mass is 16.2. The fraction of sp³-hybridized carbons (Fsp3) is 0.667. The minimum Gasteiger partial charge on any atom is -0.300 e. The number of carbonyl (C=O) groups excluding carboxylic acids is 4. The fourth-order valence-corrected chi connectivity index (χ4v) is 3.02. The van der Waals surface area contributed by atoms with Gasteiger partial charge in [0.2, 0.25) is 5.91 Å². The maximum Gasteiger partial charge on any atom is 0.342 e. The van der Waals surface area contributed by atoms with Gasteiger partial charge in [0.15, 0.2) is 0 Å². The normalized spacial score (nSPS) is 27.9. The molecule has 102 valence electrons. The summed E-state index contributed by atoms with van der Waals surface area (Å²) in [7, 11) is 0. The molecule has 0 radical (unpaired) electrons. The zero-order chi connectivity index (χ0) is 13.6. The summed E-state index contributed by atoms with van der Waals surface area (Å²) in [6.07, 6.45) is 1.21. The molecule has 3 rings (SSSR count). The van der Waals surface area contributed by atoms with E-state index in [1.165, 1.54) is 5.01 Å². The Bertz CT molecular complexity index is 471. The van der Waals surface area contributed by atoms with Crippen LogP contribution in [0.2, 0.25) is 0 Å². The molecule has 0 unspecified atom stereocenters. The molecule has 0 saturated carbocycles. The molecule has 3 fully saturated rings. The van der Waals surface area contributed by atoms with E-state index in [-0.39, 0.29) is 60.3 Å². The molecule has 7 nitrogen and oxygen atoms in total. The third-order valence-corrected chi connectivity index (χ3v) is 4.18. The Hall–Kier alpha value is -1.60. The number of amides is 3. The second-order valence-electron chi connectivity index (χ2n) is 5.18. The van der Waals surface area contributed by atoms with E-state index in [4.69, 9.17) is 0 Å². The first kappa shape index (κ1) is 12.4. The highest BCUT2D eigenvalue weighted by Gasteiger charge is 2.63. The van der Waals surface area contributed by atoms with E-state index in [0.717, 1.165) is 0 Å². The molecule has 3 amide bonds. The van der Waals surface area contributed by atoms with Gasteiger partial charge in [-0.25, -0.2) is 14.6 Å². The van der Waals surface area contributed by atoms with Gasteiger partial charge in [0.1, 0.15) is 18.9 Å².